The summed E-state index contributed by atoms with van der Waals surface area (Å²) in [6.45, 7) is 3.65. The molecular weight excluding hydrogens is 607 g/mol. The molecule has 232 valence electrons. The van der Waals surface area contributed by atoms with Crippen LogP contribution in [0.5, 0.6) is 0 Å². The van der Waals surface area contributed by atoms with Crippen LogP contribution in [-0.2, 0) is 19.2 Å². The van der Waals surface area contributed by atoms with Crippen molar-refractivity contribution in [3.8, 4) is 0 Å². The number of hydrogen-bond donors (Lipinski definition) is 2. The number of nitrogens with zero attached hydrogens (tertiary/aromatic N) is 2. The number of morpholine rings is 1. The van der Waals surface area contributed by atoms with Crippen molar-refractivity contribution in [1.82, 2.24) is 19.7 Å². The molecule has 0 radical (unpaired) electrons. The molecule has 0 amide bonds. The average molecular weight is 641 g/mol. The minimum atomic E-state index is -3.25. The van der Waals surface area contributed by atoms with Crippen LogP contribution in [0.4, 0.5) is 0 Å². The van der Waals surface area contributed by atoms with Gasteiger partial charge >= 0.3 is 16.5 Å². The maximum atomic E-state index is 13.1. The summed E-state index contributed by atoms with van der Waals surface area (Å²) >= 11 is 0. The number of H-pyrrole nitrogens is 1. The lowest BCUT2D eigenvalue weighted by molar-refractivity contribution is -1.63. The van der Waals surface area contributed by atoms with E-state index >= 15 is 0 Å². The van der Waals surface area contributed by atoms with Gasteiger partial charge in [0.2, 0.25) is 0 Å². The normalized spacial score (nSPS) is 19.1. The molecule has 0 saturated carbocycles. The molecule has 2 N–H and O–H groups in total. The fourth-order valence-corrected chi connectivity index (χ4v) is 7.51. The van der Waals surface area contributed by atoms with Crippen LogP contribution < -0.4 is 25.8 Å². The van der Waals surface area contributed by atoms with Crippen molar-refractivity contribution in [2.75, 3.05) is 25.9 Å². The van der Waals surface area contributed by atoms with Crippen molar-refractivity contribution in [3.63, 3.8) is 0 Å². The third kappa shape index (κ3) is 6.96. The second-order valence-corrected chi connectivity index (χ2v) is 14.2. The Morgan fingerprint density at radius 1 is 0.955 bits per heavy atom. The van der Waals surface area contributed by atoms with Gasteiger partial charge in [-0.3, -0.25) is 19.2 Å². The van der Waals surface area contributed by atoms with Gasteiger partial charge in [0.1, 0.15) is 4.39 Å². The summed E-state index contributed by atoms with van der Waals surface area (Å²) in [6, 6.07) is 30.2. The van der Waals surface area contributed by atoms with Gasteiger partial charge in [0, 0.05) is 37.7 Å². The summed E-state index contributed by atoms with van der Waals surface area (Å²) in [5.74, 6) is 0. The SMILES string of the molecule is Cc1cn([C@H]2CN(C(c3ccccc3)(c3ccccc3)c3ccccc3)C[C@H](CCP(C)(=O)NO[Cl+2]([O-])[O-])O2)c(=O)[nH]c1=O. The number of ether oxygens (including phenoxy) is 1. The van der Waals surface area contributed by atoms with E-state index in [0.29, 0.717) is 12.1 Å². The van der Waals surface area contributed by atoms with Crippen molar-refractivity contribution >= 4 is 7.29 Å². The Balaban J connectivity index is 1.65. The third-order valence-electron chi connectivity index (χ3n) is 7.82. The highest BCUT2D eigenvalue weighted by molar-refractivity contribution is 7.60. The van der Waals surface area contributed by atoms with E-state index in [-0.39, 0.29) is 19.1 Å². The number of aromatic nitrogens is 2. The first-order valence-corrected chi connectivity index (χ1v) is 17.3. The molecule has 11 nitrogen and oxygen atoms in total. The van der Waals surface area contributed by atoms with Crippen LogP contribution in [0.15, 0.2) is 107 Å². The van der Waals surface area contributed by atoms with Gasteiger partial charge in [-0.05, 0) is 35.3 Å². The summed E-state index contributed by atoms with van der Waals surface area (Å²) in [5, 5.41) is 2.15. The lowest BCUT2D eigenvalue weighted by atomic mass is 9.75. The van der Waals surface area contributed by atoms with Gasteiger partial charge in [-0.2, -0.15) is 0 Å². The molecule has 0 bridgehead atoms. The van der Waals surface area contributed by atoms with Gasteiger partial charge in [-0.15, -0.1) is 0 Å². The number of aromatic amines is 1. The van der Waals surface area contributed by atoms with Crippen molar-refractivity contribution in [1.29, 1.82) is 0 Å². The van der Waals surface area contributed by atoms with Gasteiger partial charge in [-0.1, -0.05) is 91.0 Å². The predicted molar refractivity (Wildman–Crippen MR) is 158 cm³/mol. The maximum absolute atomic E-state index is 13.1. The van der Waals surface area contributed by atoms with E-state index in [4.69, 9.17) is 4.74 Å². The Labute approximate surface area is 257 Å². The first-order chi connectivity index (χ1) is 21.1. The Bertz CT molecular complexity index is 1610. The molecule has 0 spiro atoms. The van der Waals surface area contributed by atoms with E-state index in [9.17, 15) is 23.5 Å². The molecule has 0 aliphatic carbocycles. The third-order valence-corrected chi connectivity index (χ3v) is 9.72. The summed E-state index contributed by atoms with van der Waals surface area (Å²) < 4.78 is 47.1. The molecule has 1 saturated heterocycles. The van der Waals surface area contributed by atoms with Crippen LogP contribution in [-0.4, -0.2) is 46.5 Å². The number of aryl methyl sites for hydroxylation is 1. The van der Waals surface area contributed by atoms with Crippen molar-refractivity contribution < 1.29 is 33.8 Å². The lowest BCUT2D eigenvalue weighted by Crippen LogP contribution is -2.57. The van der Waals surface area contributed by atoms with Crippen LogP contribution in [0, 0.1) is 17.7 Å². The first-order valence-electron chi connectivity index (χ1n) is 14.1. The monoisotopic (exact) mass is 640 g/mol. The van der Waals surface area contributed by atoms with Crippen LogP contribution in [0.25, 0.3) is 0 Å². The van der Waals surface area contributed by atoms with Crippen molar-refractivity contribution in [2.45, 2.75) is 31.2 Å². The summed E-state index contributed by atoms with van der Waals surface area (Å²) in [6.07, 6.45) is 0.430. The first kappa shape index (κ1) is 32.0. The zero-order chi connectivity index (χ0) is 31.3. The lowest BCUT2D eigenvalue weighted by Gasteiger charge is -2.50. The number of benzene rings is 3. The fraction of sp³-hybridized carbons (Fsp3) is 0.290. The average Bonchev–Trinajstić information content (AvgIpc) is 3.03. The van der Waals surface area contributed by atoms with E-state index < -0.39 is 47.2 Å². The minimum Gasteiger partial charge on any atom is -0.352 e. The van der Waals surface area contributed by atoms with E-state index in [1.165, 1.54) is 17.4 Å². The van der Waals surface area contributed by atoms with Crippen molar-refractivity contribution in [3.05, 3.63) is 140 Å². The van der Waals surface area contributed by atoms with E-state index in [1.54, 1.807) is 6.92 Å². The molecular formula is C31H34ClN4O7P. The number of nitrogens with one attached hydrogen (secondary N) is 2. The van der Waals surface area contributed by atoms with Gasteiger partial charge in [0.15, 0.2) is 13.5 Å². The standard InChI is InChI=1S/C31H34ClN4O7P/c1-23-20-36(30(38)33-29(23)37)28-22-35(21-27(42-28)18-19-44(2,41)34-43-32(39)40)31(24-12-6-3-7-13-24,25-14-8-4-9-15-25)26-16-10-5-11-17-26/h3-17,20,27-28H,18-19,21-22H2,1-2H3,(H,34,41)(H,33,37,38)/t27-,28+,44?/m0/s1. The molecule has 4 aromatic rings. The number of rotatable bonds is 11. The highest BCUT2D eigenvalue weighted by Gasteiger charge is 2.46. The second kappa shape index (κ2) is 13.7. The Morgan fingerprint density at radius 3 is 1.98 bits per heavy atom. The Kier molecular flexibility index (Phi) is 9.99. The van der Waals surface area contributed by atoms with Gasteiger partial charge in [-0.25, -0.2) is 4.79 Å². The summed E-state index contributed by atoms with van der Waals surface area (Å²) in [7, 11) is -5.78. The summed E-state index contributed by atoms with van der Waals surface area (Å²) in [4.78, 5) is 30.0. The quantitative estimate of drug-likeness (QED) is 0.142. The maximum Gasteiger partial charge on any atom is 0.330 e. The highest BCUT2D eigenvalue weighted by Crippen LogP contribution is 2.45. The van der Waals surface area contributed by atoms with E-state index in [1.807, 2.05) is 54.6 Å². The molecule has 3 atom stereocenters. The molecule has 44 heavy (non-hydrogen) atoms. The minimum absolute atomic E-state index is 0.0536. The smallest absolute Gasteiger partial charge is 0.330 e. The van der Waals surface area contributed by atoms with Crippen LogP contribution in [0.1, 0.15) is 34.9 Å². The fourth-order valence-electron chi connectivity index (χ4n) is 5.83. The van der Waals surface area contributed by atoms with Gasteiger partial charge < -0.3 is 18.6 Å². The molecule has 1 unspecified atom stereocenters. The zero-order valence-corrected chi connectivity index (χ0v) is 25.9. The molecule has 1 aliphatic heterocycles. The molecule has 3 aromatic carbocycles. The van der Waals surface area contributed by atoms with Crippen molar-refractivity contribution in [2.24, 2.45) is 0 Å². The van der Waals surface area contributed by atoms with E-state index in [2.05, 4.69) is 55.9 Å². The second-order valence-electron chi connectivity index (χ2n) is 10.9. The van der Waals surface area contributed by atoms with Crippen LogP contribution >= 0.6 is 7.29 Å². The zero-order valence-electron chi connectivity index (χ0n) is 24.3. The van der Waals surface area contributed by atoms with Gasteiger partial charge in [0.05, 0.1) is 11.6 Å². The summed E-state index contributed by atoms with van der Waals surface area (Å²) in [5.41, 5.74) is 1.42. The molecule has 1 aliphatic rings. The molecule has 1 fully saturated rings. The Morgan fingerprint density at radius 2 is 1.48 bits per heavy atom. The molecule has 5 rings (SSSR count). The van der Waals surface area contributed by atoms with Gasteiger partial charge in [0.25, 0.3) is 5.56 Å². The molecule has 13 heteroatoms. The van der Waals surface area contributed by atoms with E-state index in [0.717, 1.165) is 16.7 Å². The number of halogens is 1. The molecule has 1 aromatic heterocycles. The van der Waals surface area contributed by atoms with Crippen LogP contribution in [0.2, 0.25) is 0 Å². The topological polar surface area (TPSA) is 152 Å². The number of hydrogen-bond acceptors (Lipinski definition) is 8. The molecule has 2 heterocycles. The van der Waals surface area contributed by atoms with Crippen LogP contribution in [0.3, 0.4) is 0 Å². The highest BCUT2D eigenvalue weighted by atomic mass is 35.6. The predicted octanol–water partition coefficient (Wildman–Crippen LogP) is 1.94. The largest absolute Gasteiger partial charge is 0.352 e. The Hall–Kier alpha value is -3.38.